The Hall–Kier alpha value is -3.67. The van der Waals surface area contributed by atoms with Crippen molar-refractivity contribution >= 4 is 17.9 Å². The predicted octanol–water partition coefficient (Wildman–Crippen LogP) is 18.9. The Kier molecular flexibility index (Phi) is 52.9. The van der Waals surface area contributed by atoms with Crippen molar-refractivity contribution in [1.29, 1.82) is 0 Å². The summed E-state index contributed by atoms with van der Waals surface area (Å²) in [6.45, 7) is 6.41. The number of ether oxygens (including phenoxy) is 3. The second-order valence-electron chi connectivity index (χ2n) is 18.7. The number of esters is 3. The summed E-state index contributed by atoms with van der Waals surface area (Å²) in [6.07, 6.45) is 74.1. The largest absolute Gasteiger partial charge is 0.462 e. The Morgan fingerprint density at radius 3 is 0.956 bits per heavy atom. The lowest BCUT2D eigenvalue weighted by Crippen LogP contribution is -2.30. The first-order valence-electron chi connectivity index (χ1n) is 28.3. The molecule has 0 aliphatic heterocycles. The van der Waals surface area contributed by atoms with Gasteiger partial charge in [0.2, 0.25) is 0 Å². The van der Waals surface area contributed by atoms with Crippen molar-refractivity contribution in [3.8, 4) is 0 Å². The third-order valence-corrected chi connectivity index (χ3v) is 12.0. The topological polar surface area (TPSA) is 78.9 Å². The SMILES string of the molecule is CC/C=C/C=C/C=C/C=C/C=C/CCCC(=O)OCC(COC(=O)CCCCCCCCCCCCCCCCCCCCC)OC(=O)CCCCCCC/C=C/C=C/C=C/CCCCCCC. The lowest BCUT2D eigenvalue weighted by Gasteiger charge is -2.18. The second-order valence-corrected chi connectivity index (χ2v) is 18.7. The summed E-state index contributed by atoms with van der Waals surface area (Å²) < 4.78 is 16.8. The van der Waals surface area contributed by atoms with E-state index >= 15 is 0 Å². The van der Waals surface area contributed by atoms with E-state index in [0.29, 0.717) is 12.8 Å². The molecule has 6 heteroatoms. The summed E-state index contributed by atoms with van der Waals surface area (Å²) in [7, 11) is 0. The smallest absolute Gasteiger partial charge is 0.306 e. The highest BCUT2D eigenvalue weighted by Crippen LogP contribution is 2.16. The summed E-state index contributed by atoms with van der Waals surface area (Å²) in [5.74, 6) is -1.00. The highest BCUT2D eigenvalue weighted by molar-refractivity contribution is 5.71. The van der Waals surface area contributed by atoms with E-state index in [0.717, 1.165) is 77.0 Å². The summed E-state index contributed by atoms with van der Waals surface area (Å²) in [5, 5.41) is 0. The molecule has 1 unspecified atom stereocenters. The van der Waals surface area contributed by atoms with Crippen LogP contribution in [0.4, 0.5) is 0 Å². The Morgan fingerprint density at radius 1 is 0.309 bits per heavy atom. The molecule has 0 N–H and O–H groups in total. The van der Waals surface area contributed by atoms with Gasteiger partial charge in [-0.2, -0.15) is 0 Å². The Morgan fingerprint density at radius 2 is 0.588 bits per heavy atom. The fraction of sp³-hybridized carbons (Fsp3) is 0.694. The van der Waals surface area contributed by atoms with Gasteiger partial charge < -0.3 is 14.2 Å². The van der Waals surface area contributed by atoms with Gasteiger partial charge in [-0.25, -0.2) is 0 Å². The minimum atomic E-state index is -0.817. The van der Waals surface area contributed by atoms with E-state index in [1.165, 1.54) is 135 Å². The first-order valence-corrected chi connectivity index (χ1v) is 28.3. The molecule has 0 bridgehead atoms. The van der Waals surface area contributed by atoms with Crippen LogP contribution >= 0.6 is 0 Å². The molecule has 0 amide bonds. The number of unbranched alkanes of at least 4 members (excludes halogenated alkanes) is 29. The number of hydrogen-bond donors (Lipinski definition) is 0. The Bertz CT molecular complexity index is 1360. The fourth-order valence-electron chi connectivity index (χ4n) is 7.77. The second kappa shape index (κ2) is 55.9. The first kappa shape index (κ1) is 64.3. The van der Waals surface area contributed by atoms with E-state index in [1.54, 1.807) is 0 Å². The van der Waals surface area contributed by atoms with Crippen molar-refractivity contribution in [1.82, 2.24) is 0 Å². The number of rotatable bonds is 50. The fourth-order valence-corrected chi connectivity index (χ4v) is 7.77. The van der Waals surface area contributed by atoms with Crippen LogP contribution in [0.15, 0.2) is 97.2 Å². The standard InChI is InChI=1S/C62H104O6/c1-4-7-10-13-16-19-22-25-27-29-31-33-34-37-40-43-46-49-52-55-61(64)67-58-59(57-66-60(63)54-51-48-45-42-39-36-24-21-18-15-12-9-6-3)68-62(65)56-53-50-47-44-41-38-35-32-30-28-26-23-20-17-14-11-8-5-2/h9,12,15,18,21,23-24,26,28,30,32,35-36,39,42,45,59H,4-8,10-11,13-14,16-17,19-20,22,25,27,29,31,33-34,37-38,40-41,43-44,46-58H2,1-3H3/b12-9+,18-15+,24-21+,26-23+,30-28+,35-32+,39-36+,45-42+. The van der Waals surface area contributed by atoms with Gasteiger partial charge in [-0.3, -0.25) is 14.4 Å². The van der Waals surface area contributed by atoms with Crippen molar-refractivity contribution in [2.24, 2.45) is 0 Å². The molecule has 0 aromatic carbocycles. The number of carbonyl (C=O) groups is 3. The molecule has 6 nitrogen and oxygen atoms in total. The van der Waals surface area contributed by atoms with Crippen LogP contribution in [0.25, 0.3) is 0 Å². The summed E-state index contributed by atoms with van der Waals surface area (Å²) >= 11 is 0. The first-order chi connectivity index (χ1) is 33.5. The normalized spacial score (nSPS) is 12.8. The molecule has 68 heavy (non-hydrogen) atoms. The Balaban J connectivity index is 4.46. The van der Waals surface area contributed by atoms with E-state index in [1.807, 2.05) is 54.7 Å². The van der Waals surface area contributed by atoms with E-state index in [-0.39, 0.29) is 44.0 Å². The lowest BCUT2D eigenvalue weighted by molar-refractivity contribution is -0.167. The van der Waals surface area contributed by atoms with Crippen molar-refractivity contribution in [2.75, 3.05) is 13.2 Å². The zero-order valence-corrected chi connectivity index (χ0v) is 44.3. The quantitative estimate of drug-likeness (QED) is 0.0262. The molecule has 0 fully saturated rings. The van der Waals surface area contributed by atoms with Crippen LogP contribution in [0.5, 0.6) is 0 Å². The van der Waals surface area contributed by atoms with Gasteiger partial charge in [0.1, 0.15) is 13.2 Å². The Labute approximate surface area is 419 Å². The van der Waals surface area contributed by atoms with Crippen molar-refractivity contribution < 1.29 is 28.6 Å². The van der Waals surface area contributed by atoms with Gasteiger partial charge in [-0.15, -0.1) is 0 Å². The van der Waals surface area contributed by atoms with Gasteiger partial charge in [-0.05, 0) is 57.8 Å². The van der Waals surface area contributed by atoms with Gasteiger partial charge in [-0.1, -0.05) is 279 Å². The zero-order chi connectivity index (χ0) is 49.3. The molecule has 0 heterocycles. The van der Waals surface area contributed by atoms with Crippen LogP contribution in [0.1, 0.15) is 258 Å². The van der Waals surface area contributed by atoms with Crippen LogP contribution in [0.2, 0.25) is 0 Å². The van der Waals surface area contributed by atoms with Gasteiger partial charge >= 0.3 is 17.9 Å². The van der Waals surface area contributed by atoms with E-state index in [9.17, 15) is 14.4 Å². The predicted molar refractivity (Wildman–Crippen MR) is 293 cm³/mol. The molecule has 1 atom stereocenters. The lowest BCUT2D eigenvalue weighted by atomic mass is 10.0. The van der Waals surface area contributed by atoms with Gasteiger partial charge in [0, 0.05) is 19.3 Å². The minimum Gasteiger partial charge on any atom is -0.462 e. The van der Waals surface area contributed by atoms with Crippen LogP contribution in [-0.4, -0.2) is 37.2 Å². The van der Waals surface area contributed by atoms with Gasteiger partial charge in [0.05, 0.1) is 0 Å². The van der Waals surface area contributed by atoms with E-state index in [4.69, 9.17) is 14.2 Å². The van der Waals surface area contributed by atoms with E-state index in [2.05, 4.69) is 63.3 Å². The maximum Gasteiger partial charge on any atom is 0.306 e. The van der Waals surface area contributed by atoms with E-state index < -0.39 is 6.10 Å². The van der Waals surface area contributed by atoms with Crippen molar-refractivity contribution in [2.45, 2.75) is 264 Å². The molecule has 0 aliphatic rings. The average Bonchev–Trinajstić information content (AvgIpc) is 3.34. The van der Waals surface area contributed by atoms with Crippen molar-refractivity contribution in [3.63, 3.8) is 0 Å². The van der Waals surface area contributed by atoms with Crippen LogP contribution in [0, 0.1) is 0 Å². The maximum absolute atomic E-state index is 12.8. The number of hydrogen-bond acceptors (Lipinski definition) is 6. The van der Waals surface area contributed by atoms with Crippen LogP contribution in [-0.2, 0) is 28.6 Å². The molecule has 0 saturated carbocycles. The molecular formula is C62H104O6. The molecule has 0 aliphatic carbocycles. The summed E-state index contributed by atoms with van der Waals surface area (Å²) in [4.78, 5) is 38.1. The summed E-state index contributed by atoms with van der Waals surface area (Å²) in [5.41, 5.74) is 0. The number of carbonyl (C=O) groups excluding carboxylic acids is 3. The molecule has 0 radical (unpaired) electrons. The molecule has 0 aromatic heterocycles. The minimum absolute atomic E-state index is 0.107. The average molecular weight is 946 g/mol. The van der Waals surface area contributed by atoms with Crippen LogP contribution in [0.3, 0.4) is 0 Å². The van der Waals surface area contributed by atoms with Crippen LogP contribution < -0.4 is 0 Å². The van der Waals surface area contributed by atoms with Crippen molar-refractivity contribution in [3.05, 3.63) is 97.2 Å². The molecule has 388 valence electrons. The molecule has 0 spiro atoms. The van der Waals surface area contributed by atoms with Gasteiger partial charge in [0.15, 0.2) is 6.10 Å². The zero-order valence-electron chi connectivity index (χ0n) is 44.3. The summed E-state index contributed by atoms with van der Waals surface area (Å²) in [6, 6.07) is 0. The monoisotopic (exact) mass is 945 g/mol. The maximum atomic E-state index is 12.8. The highest BCUT2D eigenvalue weighted by Gasteiger charge is 2.19. The number of allylic oxidation sites excluding steroid dienone is 16. The third-order valence-electron chi connectivity index (χ3n) is 12.0. The molecular weight excluding hydrogens is 841 g/mol. The highest BCUT2D eigenvalue weighted by atomic mass is 16.6. The third kappa shape index (κ3) is 53.3. The molecule has 0 rings (SSSR count). The van der Waals surface area contributed by atoms with Gasteiger partial charge in [0.25, 0.3) is 0 Å². The molecule has 0 aromatic rings. The molecule has 0 saturated heterocycles.